The van der Waals surface area contributed by atoms with Crippen LogP contribution in [0.25, 0.3) is 0 Å². The Labute approximate surface area is 87.5 Å². The Kier molecular flexibility index (Phi) is 3.60. The third-order valence-corrected chi connectivity index (χ3v) is 2.10. The van der Waals surface area contributed by atoms with Crippen LogP contribution in [-0.4, -0.2) is 18.5 Å². The molecule has 0 unspecified atom stereocenters. The highest BCUT2D eigenvalue weighted by Crippen LogP contribution is 2.27. The van der Waals surface area contributed by atoms with Crippen LogP contribution in [0.1, 0.15) is 13.3 Å². The average Bonchev–Trinajstić information content (AvgIpc) is 2.17. The molecule has 0 aromatic heterocycles. The quantitative estimate of drug-likeness (QED) is 0.569. The Bertz CT molecular complexity index is 368. The van der Waals surface area contributed by atoms with Crippen molar-refractivity contribution in [3.05, 3.63) is 34.1 Å². The predicted molar refractivity (Wildman–Crippen MR) is 56.6 cm³/mol. The second kappa shape index (κ2) is 4.72. The van der Waals surface area contributed by atoms with Crippen LogP contribution < -0.4 is 4.90 Å². The van der Waals surface area contributed by atoms with Crippen molar-refractivity contribution < 1.29 is 9.31 Å². The summed E-state index contributed by atoms with van der Waals surface area (Å²) in [4.78, 5) is 11.9. The number of hydrogen-bond acceptors (Lipinski definition) is 3. The Morgan fingerprint density at radius 2 is 2.20 bits per heavy atom. The van der Waals surface area contributed by atoms with E-state index in [1.165, 1.54) is 12.1 Å². The lowest BCUT2D eigenvalue weighted by Gasteiger charge is -2.17. The van der Waals surface area contributed by atoms with E-state index in [0.717, 1.165) is 12.5 Å². The van der Waals surface area contributed by atoms with Crippen LogP contribution in [0.3, 0.4) is 0 Å². The van der Waals surface area contributed by atoms with E-state index in [1.807, 2.05) is 6.92 Å². The summed E-state index contributed by atoms with van der Waals surface area (Å²) in [7, 11) is 1.75. The van der Waals surface area contributed by atoms with Gasteiger partial charge in [-0.3, -0.25) is 10.1 Å². The van der Waals surface area contributed by atoms with E-state index < -0.39 is 10.7 Å². The molecule has 0 atom stereocenters. The molecule has 1 aromatic carbocycles. The Balaban J connectivity index is 3.10. The molecule has 0 aliphatic carbocycles. The van der Waals surface area contributed by atoms with Crippen LogP contribution in [0.2, 0.25) is 0 Å². The van der Waals surface area contributed by atoms with Gasteiger partial charge in [0.25, 0.3) is 5.69 Å². The molecule has 1 rings (SSSR count). The van der Waals surface area contributed by atoms with Crippen LogP contribution in [0, 0.1) is 15.9 Å². The van der Waals surface area contributed by atoms with Gasteiger partial charge in [-0.05, 0) is 18.6 Å². The van der Waals surface area contributed by atoms with E-state index >= 15 is 0 Å². The topological polar surface area (TPSA) is 46.4 Å². The lowest BCUT2D eigenvalue weighted by Crippen LogP contribution is -2.18. The number of nitro benzene ring substituents is 1. The molecule has 4 nitrogen and oxygen atoms in total. The first-order valence-corrected chi connectivity index (χ1v) is 4.71. The van der Waals surface area contributed by atoms with Gasteiger partial charge in [-0.25, -0.2) is 4.39 Å². The SMILES string of the molecule is CCCN(C)c1ccc(F)cc1[N+](=O)[O-]. The molecule has 0 radical (unpaired) electrons. The van der Waals surface area contributed by atoms with Crippen molar-refractivity contribution in [2.45, 2.75) is 13.3 Å². The van der Waals surface area contributed by atoms with Gasteiger partial charge < -0.3 is 4.90 Å². The molecule has 0 spiro atoms. The van der Waals surface area contributed by atoms with Gasteiger partial charge in [0.1, 0.15) is 11.5 Å². The van der Waals surface area contributed by atoms with E-state index in [1.54, 1.807) is 11.9 Å². The Morgan fingerprint density at radius 1 is 1.53 bits per heavy atom. The Morgan fingerprint density at radius 3 is 2.73 bits per heavy atom. The highest BCUT2D eigenvalue weighted by atomic mass is 19.1. The number of rotatable bonds is 4. The molecule has 0 heterocycles. The van der Waals surface area contributed by atoms with Gasteiger partial charge in [0.2, 0.25) is 0 Å². The molecule has 15 heavy (non-hydrogen) atoms. The van der Waals surface area contributed by atoms with Crippen LogP contribution >= 0.6 is 0 Å². The van der Waals surface area contributed by atoms with Crippen molar-refractivity contribution >= 4 is 11.4 Å². The second-order valence-corrected chi connectivity index (χ2v) is 3.31. The fraction of sp³-hybridized carbons (Fsp3) is 0.400. The molecule has 1 aromatic rings. The van der Waals surface area contributed by atoms with Crippen molar-refractivity contribution in [2.24, 2.45) is 0 Å². The highest BCUT2D eigenvalue weighted by Gasteiger charge is 2.17. The lowest BCUT2D eigenvalue weighted by atomic mass is 10.2. The number of halogens is 1. The van der Waals surface area contributed by atoms with Crippen molar-refractivity contribution in [3.8, 4) is 0 Å². The minimum Gasteiger partial charge on any atom is -0.369 e. The third-order valence-electron chi connectivity index (χ3n) is 2.10. The van der Waals surface area contributed by atoms with Crippen molar-refractivity contribution in [1.82, 2.24) is 0 Å². The van der Waals surface area contributed by atoms with Crippen molar-refractivity contribution in [2.75, 3.05) is 18.5 Å². The maximum Gasteiger partial charge on any atom is 0.295 e. The molecule has 0 aliphatic rings. The van der Waals surface area contributed by atoms with E-state index in [9.17, 15) is 14.5 Å². The molecule has 0 fully saturated rings. The fourth-order valence-corrected chi connectivity index (χ4v) is 1.42. The van der Waals surface area contributed by atoms with Crippen LogP contribution in [0.4, 0.5) is 15.8 Å². The number of anilines is 1. The zero-order valence-electron chi connectivity index (χ0n) is 8.74. The summed E-state index contributed by atoms with van der Waals surface area (Å²) < 4.78 is 12.8. The molecule has 0 bridgehead atoms. The van der Waals surface area contributed by atoms with Gasteiger partial charge in [0.05, 0.1) is 11.0 Å². The summed E-state index contributed by atoms with van der Waals surface area (Å²) in [6.07, 6.45) is 0.880. The summed E-state index contributed by atoms with van der Waals surface area (Å²) in [5.41, 5.74) is 0.259. The van der Waals surface area contributed by atoms with Crippen LogP contribution in [0.15, 0.2) is 18.2 Å². The molecule has 82 valence electrons. The van der Waals surface area contributed by atoms with Gasteiger partial charge in [-0.1, -0.05) is 6.92 Å². The summed E-state index contributed by atoms with van der Waals surface area (Å²) in [6.45, 7) is 2.68. The average molecular weight is 212 g/mol. The Hall–Kier alpha value is -1.65. The number of nitrogens with zero attached hydrogens (tertiary/aromatic N) is 2. The highest BCUT2D eigenvalue weighted by molar-refractivity contribution is 5.62. The maximum absolute atomic E-state index is 12.8. The molecular formula is C10H13FN2O2. The number of benzene rings is 1. The minimum absolute atomic E-state index is 0.189. The summed E-state index contributed by atoms with van der Waals surface area (Å²) in [5, 5.41) is 10.7. The first-order chi connectivity index (χ1) is 7.06. The van der Waals surface area contributed by atoms with Crippen LogP contribution in [-0.2, 0) is 0 Å². The molecule has 0 amide bonds. The molecule has 5 heteroatoms. The molecular weight excluding hydrogens is 199 g/mol. The first-order valence-electron chi connectivity index (χ1n) is 4.71. The zero-order chi connectivity index (χ0) is 11.4. The third kappa shape index (κ3) is 2.65. The van der Waals surface area contributed by atoms with Crippen molar-refractivity contribution in [1.29, 1.82) is 0 Å². The monoisotopic (exact) mass is 212 g/mol. The molecule has 0 N–H and O–H groups in total. The second-order valence-electron chi connectivity index (χ2n) is 3.31. The molecule has 0 saturated carbocycles. The number of hydrogen-bond donors (Lipinski definition) is 0. The van der Waals surface area contributed by atoms with E-state index in [4.69, 9.17) is 0 Å². The van der Waals surface area contributed by atoms with Gasteiger partial charge in [-0.15, -0.1) is 0 Å². The van der Waals surface area contributed by atoms with Crippen LogP contribution in [0.5, 0.6) is 0 Å². The normalized spacial score (nSPS) is 10.1. The van der Waals surface area contributed by atoms with Crippen molar-refractivity contribution in [3.63, 3.8) is 0 Å². The summed E-state index contributed by atoms with van der Waals surface area (Å²) in [5.74, 6) is -0.588. The summed E-state index contributed by atoms with van der Waals surface area (Å²) in [6, 6.07) is 3.61. The van der Waals surface area contributed by atoms with Gasteiger partial charge in [-0.2, -0.15) is 0 Å². The number of nitro groups is 1. The predicted octanol–water partition coefficient (Wildman–Crippen LogP) is 2.58. The van der Waals surface area contributed by atoms with E-state index in [0.29, 0.717) is 12.2 Å². The summed E-state index contributed by atoms with van der Waals surface area (Å²) >= 11 is 0. The van der Waals surface area contributed by atoms with Gasteiger partial charge in [0, 0.05) is 13.6 Å². The van der Waals surface area contributed by atoms with Gasteiger partial charge >= 0.3 is 0 Å². The molecule has 0 saturated heterocycles. The smallest absolute Gasteiger partial charge is 0.295 e. The maximum atomic E-state index is 12.8. The first kappa shape index (κ1) is 11.4. The standard InChI is InChI=1S/C10H13FN2O2/c1-3-6-12(2)9-5-4-8(11)7-10(9)13(14)15/h4-5,7H,3,6H2,1-2H3. The van der Waals surface area contributed by atoms with E-state index in [2.05, 4.69) is 0 Å². The van der Waals surface area contributed by atoms with Gasteiger partial charge in [0.15, 0.2) is 0 Å². The lowest BCUT2D eigenvalue weighted by molar-refractivity contribution is -0.384. The largest absolute Gasteiger partial charge is 0.369 e. The van der Waals surface area contributed by atoms with E-state index in [-0.39, 0.29) is 5.69 Å². The molecule has 0 aliphatic heterocycles. The zero-order valence-corrected chi connectivity index (χ0v) is 8.74. The minimum atomic E-state index is -0.588. The fourth-order valence-electron chi connectivity index (χ4n) is 1.42.